The monoisotopic (exact) mass is 300 g/mol. The number of aryl methyl sites for hydroxylation is 4. The normalized spacial score (nSPS) is 8.88. The maximum absolute atomic E-state index is 5.21. The van der Waals surface area contributed by atoms with E-state index in [1.54, 1.807) is 6.26 Å². The molecule has 0 radical (unpaired) electrons. The predicted molar refractivity (Wildman–Crippen MR) is 75.4 cm³/mol. The smallest absolute Gasteiger partial charge is 0.105 e. The topological polar surface area (TPSA) is 26.3 Å². The van der Waals surface area contributed by atoms with Gasteiger partial charge >= 0.3 is 0 Å². The molecular weight excluding hydrogens is 280 g/mol. The van der Waals surface area contributed by atoms with Gasteiger partial charge in [-0.25, -0.2) is 0 Å². The van der Waals surface area contributed by atoms with E-state index < -0.39 is 0 Å². The van der Waals surface area contributed by atoms with Crippen LogP contribution in [0.4, 0.5) is 0 Å². The molecule has 3 heteroatoms. The molecule has 0 fully saturated rings. The number of rotatable bonds is 0. The molecule has 0 saturated heterocycles. The van der Waals surface area contributed by atoms with Crippen LogP contribution in [0.1, 0.15) is 36.7 Å². The van der Waals surface area contributed by atoms with E-state index in [-0.39, 0.29) is 0 Å². The van der Waals surface area contributed by atoms with Gasteiger partial charge in [0.1, 0.15) is 23.5 Å². The highest BCUT2D eigenvalue weighted by atomic mass is 79.9. The first kappa shape index (κ1) is 16.0. The lowest BCUT2D eigenvalue weighted by molar-refractivity contribution is 0.502. The molecule has 0 saturated carbocycles. The second-order valence-corrected chi connectivity index (χ2v) is 4.39. The molecule has 2 nitrogen and oxygen atoms in total. The first-order valence-electron chi connectivity index (χ1n) is 5.73. The van der Waals surface area contributed by atoms with Gasteiger partial charge in [-0.1, -0.05) is 13.8 Å². The van der Waals surface area contributed by atoms with E-state index in [1.165, 1.54) is 5.56 Å². The summed E-state index contributed by atoms with van der Waals surface area (Å²) in [5, 5.41) is 0. The van der Waals surface area contributed by atoms with Crippen LogP contribution in [0.3, 0.4) is 0 Å². The summed E-state index contributed by atoms with van der Waals surface area (Å²) in [6, 6.07) is 3.95. The predicted octanol–water partition coefficient (Wildman–Crippen LogP) is 5.58. The fraction of sp³-hybridized carbons (Fsp3) is 0.429. The van der Waals surface area contributed by atoms with Gasteiger partial charge in [0.2, 0.25) is 0 Å². The van der Waals surface area contributed by atoms with E-state index in [0.29, 0.717) is 0 Å². The zero-order chi connectivity index (χ0) is 13.4. The van der Waals surface area contributed by atoms with Crippen LogP contribution in [0.15, 0.2) is 31.7 Å². The minimum atomic E-state index is 0.937. The lowest BCUT2D eigenvalue weighted by Gasteiger charge is -1.80. The van der Waals surface area contributed by atoms with Crippen molar-refractivity contribution in [1.29, 1.82) is 0 Å². The summed E-state index contributed by atoms with van der Waals surface area (Å²) in [4.78, 5) is 0. The van der Waals surface area contributed by atoms with Crippen molar-refractivity contribution in [2.75, 3.05) is 0 Å². The highest BCUT2D eigenvalue weighted by molar-refractivity contribution is 9.10. The molecule has 0 aliphatic heterocycles. The molecule has 0 aliphatic carbocycles. The Morgan fingerprint density at radius 2 is 1.53 bits per heavy atom. The van der Waals surface area contributed by atoms with Crippen molar-refractivity contribution in [3.05, 3.63) is 45.7 Å². The minimum absolute atomic E-state index is 0.937. The van der Waals surface area contributed by atoms with E-state index in [9.17, 15) is 0 Å². The Kier molecular flexibility index (Phi) is 7.72. The molecule has 2 aromatic rings. The molecule has 2 rings (SSSR count). The highest BCUT2D eigenvalue weighted by Crippen LogP contribution is 2.12. The second-order valence-electron chi connectivity index (χ2n) is 3.47. The summed E-state index contributed by atoms with van der Waals surface area (Å²) < 4.78 is 11.1. The summed E-state index contributed by atoms with van der Waals surface area (Å²) in [6.07, 6.45) is 1.66. The van der Waals surface area contributed by atoms with Crippen LogP contribution >= 0.6 is 15.9 Å². The van der Waals surface area contributed by atoms with Crippen molar-refractivity contribution in [2.24, 2.45) is 0 Å². The Hall–Kier alpha value is -0.960. The van der Waals surface area contributed by atoms with Crippen molar-refractivity contribution in [2.45, 2.75) is 41.5 Å². The Morgan fingerprint density at radius 1 is 0.941 bits per heavy atom. The van der Waals surface area contributed by atoms with E-state index in [4.69, 9.17) is 8.83 Å². The Labute approximate surface area is 112 Å². The molecule has 0 unspecified atom stereocenters. The van der Waals surface area contributed by atoms with Crippen molar-refractivity contribution < 1.29 is 8.83 Å². The summed E-state index contributed by atoms with van der Waals surface area (Å²) in [7, 11) is 0. The van der Waals surface area contributed by atoms with Crippen LogP contribution in [0.5, 0.6) is 0 Å². The third kappa shape index (κ3) is 6.37. The van der Waals surface area contributed by atoms with Gasteiger partial charge in [0, 0.05) is 0 Å². The maximum Gasteiger partial charge on any atom is 0.105 e. The highest BCUT2D eigenvalue weighted by Gasteiger charge is 1.95. The summed E-state index contributed by atoms with van der Waals surface area (Å²) in [6.45, 7) is 11.9. The fourth-order valence-corrected chi connectivity index (χ4v) is 1.59. The van der Waals surface area contributed by atoms with Crippen LogP contribution in [-0.2, 0) is 0 Å². The number of halogens is 1. The van der Waals surface area contributed by atoms with Gasteiger partial charge < -0.3 is 8.83 Å². The number of hydrogen-bond donors (Lipinski definition) is 0. The van der Waals surface area contributed by atoms with Crippen molar-refractivity contribution >= 4 is 15.9 Å². The first-order chi connectivity index (χ1) is 7.99. The quantitative estimate of drug-likeness (QED) is 0.634. The lowest BCUT2D eigenvalue weighted by Crippen LogP contribution is -1.63. The van der Waals surface area contributed by atoms with Crippen molar-refractivity contribution in [3.63, 3.8) is 0 Å². The largest absolute Gasteiger partial charge is 0.468 e. The zero-order valence-corrected chi connectivity index (χ0v) is 13.0. The van der Waals surface area contributed by atoms with E-state index in [0.717, 1.165) is 21.8 Å². The van der Waals surface area contributed by atoms with Crippen molar-refractivity contribution in [3.8, 4) is 0 Å². The number of hydrogen-bond acceptors (Lipinski definition) is 2. The SMILES string of the molecule is CC.Cc1cc(Br)co1.Cc1cc(C)c(C)o1. The van der Waals surface area contributed by atoms with Gasteiger partial charge in [0.05, 0.1) is 4.47 Å². The molecule has 0 aromatic carbocycles. The second kappa shape index (κ2) is 8.18. The van der Waals surface area contributed by atoms with Crippen LogP contribution in [0.2, 0.25) is 0 Å². The standard InChI is InChI=1S/C7H10O.C5H5BrO.C2H6/c1-5-4-6(2)8-7(5)3;1-4-2-5(6)3-7-4;1-2/h4H,1-3H3;2-3H,1H3;1-2H3. The molecule has 0 bridgehead atoms. The summed E-state index contributed by atoms with van der Waals surface area (Å²) in [5.74, 6) is 2.97. The third-order valence-electron chi connectivity index (χ3n) is 1.99. The first-order valence-corrected chi connectivity index (χ1v) is 6.52. The lowest BCUT2D eigenvalue weighted by atomic mass is 10.3. The molecule has 17 heavy (non-hydrogen) atoms. The van der Waals surface area contributed by atoms with Crippen LogP contribution < -0.4 is 0 Å². The Bertz CT molecular complexity index is 391. The van der Waals surface area contributed by atoms with Crippen LogP contribution in [0.25, 0.3) is 0 Å². The van der Waals surface area contributed by atoms with Gasteiger partial charge in [-0.2, -0.15) is 0 Å². The van der Waals surface area contributed by atoms with Gasteiger partial charge in [-0.3, -0.25) is 0 Å². The molecular formula is C14H21BrO2. The Morgan fingerprint density at radius 3 is 1.65 bits per heavy atom. The van der Waals surface area contributed by atoms with Crippen LogP contribution in [0, 0.1) is 27.7 Å². The fourth-order valence-electron chi connectivity index (χ4n) is 1.17. The van der Waals surface area contributed by atoms with E-state index >= 15 is 0 Å². The van der Waals surface area contributed by atoms with Gasteiger partial charge in [0.25, 0.3) is 0 Å². The van der Waals surface area contributed by atoms with E-state index in [1.807, 2.05) is 53.7 Å². The van der Waals surface area contributed by atoms with Crippen molar-refractivity contribution in [1.82, 2.24) is 0 Å². The average molecular weight is 301 g/mol. The molecule has 2 aromatic heterocycles. The maximum atomic E-state index is 5.21. The molecule has 2 heterocycles. The molecule has 96 valence electrons. The molecule has 0 atom stereocenters. The van der Waals surface area contributed by atoms with Gasteiger partial charge in [-0.15, -0.1) is 0 Å². The minimum Gasteiger partial charge on any atom is -0.468 e. The van der Waals surface area contributed by atoms with E-state index in [2.05, 4.69) is 15.9 Å². The molecule has 0 aliphatic rings. The van der Waals surface area contributed by atoms with Crippen LogP contribution in [-0.4, -0.2) is 0 Å². The third-order valence-corrected chi connectivity index (χ3v) is 2.40. The molecule has 0 amide bonds. The average Bonchev–Trinajstić information content (AvgIpc) is 2.77. The molecule has 0 spiro atoms. The number of furan rings is 2. The summed E-state index contributed by atoms with van der Waals surface area (Å²) >= 11 is 3.24. The summed E-state index contributed by atoms with van der Waals surface area (Å²) in [5.41, 5.74) is 1.24. The Balaban J connectivity index is 0.000000265. The van der Waals surface area contributed by atoms with Gasteiger partial charge in [0.15, 0.2) is 0 Å². The van der Waals surface area contributed by atoms with Gasteiger partial charge in [-0.05, 0) is 61.3 Å². The molecule has 0 N–H and O–H groups in total. The zero-order valence-electron chi connectivity index (χ0n) is 11.4.